The third-order valence-corrected chi connectivity index (χ3v) is 6.69. The molecule has 0 saturated heterocycles. The fourth-order valence-electron chi connectivity index (χ4n) is 4.57. The number of carbonyl (C=O) groups excluding carboxylic acids is 1. The number of fused-ring (bicyclic) bond motifs is 1. The zero-order chi connectivity index (χ0) is 29.3. The maximum atomic E-state index is 13.6. The van der Waals surface area contributed by atoms with Crippen LogP contribution in [0.4, 0.5) is 32.0 Å². The summed E-state index contributed by atoms with van der Waals surface area (Å²) in [5.41, 5.74) is -6.39. The van der Waals surface area contributed by atoms with Gasteiger partial charge in [0.25, 0.3) is 11.5 Å². The quantitative estimate of drug-likeness (QED) is 0.385. The van der Waals surface area contributed by atoms with Crippen molar-refractivity contribution in [2.45, 2.75) is 43.0 Å². The highest BCUT2D eigenvalue weighted by molar-refractivity contribution is 5.98. The van der Waals surface area contributed by atoms with Gasteiger partial charge >= 0.3 is 12.4 Å². The van der Waals surface area contributed by atoms with Gasteiger partial charge in [-0.2, -0.15) is 26.3 Å². The van der Waals surface area contributed by atoms with Gasteiger partial charge in [0.15, 0.2) is 6.10 Å². The van der Waals surface area contributed by atoms with E-state index in [0.29, 0.717) is 23.6 Å². The normalized spacial score (nSPS) is 17.0. The Balaban J connectivity index is 1.76. The first kappa shape index (κ1) is 29.2. The van der Waals surface area contributed by atoms with Crippen LogP contribution >= 0.6 is 0 Å². The van der Waals surface area contributed by atoms with Crippen LogP contribution in [0.1, 0.15) is 29.2 Å². The molecule has 0 spiro atoms. The summed E-state index contributed by atoms with van der Waals surface area (Å²) in [4.78, 5) is 14.6. The third-order valence-electron chi connectivity index (χ3n) is 6.69. The number of rotatable bonds is 6. The second-order valence-corrected chi connectivity index (χ2v) is 9.27. The van der Waals surface area contributed by atoms with Gasteiger partial charge in [0.1, 0.15) is 17.6 Å². The molecule has 4 rings (SSSR count). The number of hydrogen-bond donors (Lipinski definition) is 2. The van der Waals surface area contributed by atoms with Crippen LogP contribution in [0.2, 0.25) is 0 Å². The van der Waals surface area contributed by atoms with Gasteiger partial charge in [-0.15, -0.1) is 0 Å². The Kier molecular flexibility index (Phi) is 8.04. The first-order chi connectivity index (χ1) is 18.8. The van der Waals surface area contributed by atoms with Crippen molar-refractivity contribution < 1.29 is 50.8 Å². The van der Waals surface area contributed by atoms with Crippen LogP contribution in [0.5, 0.6) is 11.5 Å². The van der Waals surface area contributed by atoms with Gasteiger partial charge in [0.2, 0.25) is 0 Å². The van der Waals surface area contributed by atoms with Gasteiger partial charge in [-0.1, -0.05) is 48.5 Å². The van der Waals surface area contributed by atoms with E-state index in [1.807, 2.05) is 0 Å². The molecule has 0 saturated carbocycles. The predicted octanol–water partition coefficient (Wildman–Crippen LogP) is 5.47. The number of alkyl halides is 6. The van der Waals surface area contributed by atoms with E-state index in [1.165, 1.54) is 19.2 Å². The van der Waals surface area contributed by atoms with Crippen molar-refractivity contribution >= 4 is 11.6 Å². The minimum absolute atomic E-state index is 0.00725. The topological polar surface area (TPSA) is 79.2 Å². The zero-order valence-electron chi connectivity index (χ0n) is 21.0. The molecule has 0 radical (unpaired) electrons. The minimum Gasteiger partial charge on any atom is -0.497 e. The molecular weight excluding hydrogens is 544 g/mol. The van der Waals surface area contributed by atoms with Crippen molar-refractivity contribution in [1.29, 1.82) is 0 Å². The van der Waals surface area contributed by atoms with Crippen LogP contribution in [-0.2, 0) is 16.8 Å². The van der Waals surface area contributed by atoms with Crippen LogP contribution in [0.15, 0.2) is 72.8 Å². The molecule has 3 aromatic rings. The van der Waals surface area contributed by atoms with Gasteiger partial charge in [-0.05, 0) is 42.2 Å². The Bertz CT molecular complexity index is 1330. The first-order valence-electron chi connectivity index (χ1n) is 12.1. The van der Waals surface area contributed by atoms with Gasteiger partial charge in [0.05, 0.1) is 13.7 Å². The lowest BCUT2D eigenvalue weighted by Gasteiger charge is -2.33. The van der Waals surface area contributed by atoms with E-state index < -0.39 is 41.6 Å². The van der Waals surface area contributed by atoms with Crippen LogP contribution in [0.25, 0.3) is 0 Å². The van der Waals surface area contributed by atoms with Crippen LogP contribution in [0, 0.1) is 0 Å². The molecule has 1 amide bonds. The molecule has 2 atom stereocenters. The van der Waals surface area contributed by atoms with Crippen LogP contribution in [-0.4, -0.2) is 48.2 Å². The van der Waals surface area contributed by atoms with Crippen molar-refractivity contribution in [3.63, 3.8) is 0 Å². The lowest BCUT2D eigenvalue weighted by molar-refractivity contribution is -0.376. The molecule has 1 aliphatic rings. The Morgan fingerprint density at radius 3 is 2.20 bits per heavy atom. The van der Waals surface area contributed by atoms with Crippen molar-refractivity contribution in [2.24, 2.45) is 0 Å². The summed E-state index contributed by atoms with van der Waals surface area (Å²) in [7, 11) is 1.45. The van der Waals surface area contributed by atoms with Gasteiger partial charge in [-0.3, -0.25) is 4.79 Å². The Labute approximate surface area is 225 Å². The molecule has 1 aliphatic heterocycles. The molecule has 40 heavy (non-hydrogen) atoms. The number of benzene rings is 3. The summed E-state index contributed by atoms with van der Waals surface area (Å²) in [6, 6.07) is 16.4. The second kappa shape index (κ2) is 11.0. The number of anilines is 1. The van der Waals surface area contributed by atoms with Gasteiger partial charge in [0, 0.05) is 17.3 Å². The van der Waals surface area contributed by atoms with Crippen LogP contribution in [0.3, 0.4) is 0 Å². The second-order valence-electron chi connectivity index (χ2n) is 9.27. The summed E-state index contributed by atoms with van der Waals surface area (Å²) < 4.78 is 92.6. The SMILES string of the molecule is COc1cccc(O[C@H]2CCc3cc(C(O)(C(F)(F)F)C(F)(F)F)ccc3N(C(=O)[C@@H](O)c3ccccc3)C2)c1. The lowest BCUT2D eigenvalue weighted by atomic mass is 9.89. The molecule has 2 N–H and O–H groups in total. The maximum Gasteiger partial charge on any atom is 0.430 e. The number of amides is 1. The molecule has 0 aliphatic carbocycles. The molecule has 12 heteroatoms. The van der Waals surface area contributed by atoms with E-state index in [1.54, 1.807) is 42.5 Å². The van der Waals surface area contributed by atoms with Crippen LogP contribution < -0.4 is 14.4 Å². The zero-order valence-corrected chi connectivity index (χ0v) is 21.0. The summed E-state index contributed by atoms with van der Waals surface area (Å²) in [5.74, 6) is -0.0242. The average molecular weight is 569 g/mol. The third kappa shape index (κ3) is 5.59. The Morgan fingerprint density at radius 2 is 1.57 bits per heavy atom. The summed E-state index contributed by atoms with van der Waals surface area (Å²) >= 11 is 0. The van der Waals surface area contributed by atoms with Gasteiger partial charge < -0.3 is 24.6 Å². The number of hydrogen-bond acceptors (Lipinski definition) is 5. The molecular formula is C28H25F6NO5. The maximum absolute atomic E-state index is 13.6. The highest BCUT2D eigenvalue weighted by Crippen LogP contribution is 2.51. The number of ether oxygens (including phenoxy) is 2. The number of aryl methyl sites for hydroxylation is 1. The van der Waals surface area contributed by atoms with E-state index in [9.17, 15) is 41.4 Å². The lowest BCUT2D eigenvalue weighted by Crippen LogP contribution is -2.54. The first-order valence-corrected chi connectivity index (χ1v) is 12.1. The van der Waals surface area contributed by atoms with E-state index >= 15 is 0 Å². The number of carbonyl (C=O) groups is 1. The fourth-order valence-corrected chi connectivity index (χ4v) is 4.57. The van der Waals surface area contributed by atoms with Crippen molar-refractivity contribution in [1.82, 2.24) is 0 Å². The molecule has 3 aromatic carbocycles. The van der Waals surface area contributed by atoms with E-state index in [2.05, 4.69) is 0 Å². The Morgan fingerprint density at radius 1 is 0.925 bits per heavy atom. The molecule has 6 nitrogen and oxygen atoms in total. The average Bonchev–Trinajstić information content (AvgIpc) is 3.10. The number of aliphatic hydroxyl groups excluding tert-OH is 1. The molecule has 214 valence electrons. The fraction of sp³-hybridized carbons (Fsp3) is 0.321. The molecule has 0 aromatic heterocycles. The van der Waals surface area contributed by atoms with E-state index in [-0.39, 0.29) is 36.2 Å². The molecule has 0 bridgehead atoms. The van der Waals surface area contributed by atoms with Crippen molar-refractivity contribution in [2.75, 3.05) is 18.6 Å². The smallest absolute Gasteiger partial charge is 0.430 e. The molecule has 0 unspecified atom stereocenters. The number of halogens is 6. The predicted molar refractivity (Wildman–Crippen MR) is 132 cm³/mol. The minimum atomic E-state index is -6.07. The number of methoxy groups -OCH3 is 1. The molecule has 1 heterocycles. The summed E-state index contributed by atoms with van der Waals surface area (Å²) in [6.07, 6.45) is -14.6. The van der Waals surface area contributed by atoms with Crippen molar-refractivity contribution in [3.05, 3.63) is 89.5 Å². The van der Waals surface area contributed by atoms with Crippen molar-refractivity contribution in [3.8, 4) is 11.5 Å². The van der Waals surface area contributed by atoms with Gasteiger partial charge in [-0.25, -0.2) is 0 Å². The highest BCUT2D eigenvalue weighted by Gasteiger charge is 2.71. The summed E-state index contributed by atoms with van der Waals surface area (Å²) in [5, 5.41) is 20.7. The number of aliphatic hydroxyl groups is 2. The monoisotopic (exact) mass is 569 g/mol. The Hall–Kier alpha value is -3.77. The standard InChI is InChI=1S/C28H25F6NO5/c1-39-20-8-5-9-21(15-20)40-22-12-10-18-14-19(26(38,27(29,30)31)28(32,33)34)11-13-23(18)35(16-22)25(37)24(36)17-6-3-2-4-7-17/h2-9,11,13-15,22,24,36,38H,10,12,16H2,1H3/t22-,24-/m0/s1. The summed E-state index contributed by atoms with van der Waals surface area (Å²) in [6.45, 7) is -0.172. The highest BCUT2D eigenvalue weighted by atomic mass is 19.4. The van der Waals surface area contributed by atoms with E-state index in [4.69, 9.17) is 9.47 Å². The molecule has 0 fully saturated rings. The van der Waals surface area contributed by atoms with E-state index in [0.717, 1.165) is 11.0 Å². The number of nitrogens with zero attached hydrogens (tertiary/aromatic N) is 1. The largest absolute Gasteiger partial charge is 0.497 e.